The van der Waals surface area contributed by atoms with Gasteiger partial charge in [-0.05, 0) is 36.4 Å². The number of nitrogens with one attached hydrogen (secondary N) is 1. The molecule has 0 spiro atoms. The van der Waals surface area contributed by atoms with Crippen LogP contribution in [0.5, 0.6) is 0 Å². The normalized spacial score (nSPS) is 9.90. The third kappa shape index (κ3) is 3.10. The Labute approximate surface area is 125 Å². The molecule has 0 radical (unpaired) electrons. The highest BCUT2D eigenvalue weighted by Crippen LogP contribution is 2.24. The molecule has 0 heterocycles. The van der Waals surface area contributed by atoms with Crippen molar-refractivity contribution in [3.05, 3.63) is 58.4 Å². The third-order valence-corrected chi connectivity index (χ3v) is 3.22. The van der Waals surface area contributed by atoms with Crippen LogP contribution in [0.2, 0.25) is 5.02 Å². The zero-order valence-corrected chi connectivity index (χ0v) is 11.7. The number of benzene rings is 2. The zero-order valence-electron chi connectivity index (χ0n) is 10.0. The second kappa shape index (κ2) is 5.95. The van der Waals surface area contributed by atoms with Crippen LogP contribution in [0.15, 0.2) is 41.3 Å². The Kier molecular flexibility index (Phi) is 4.28. The number of hydrogen-bond donors (Lipinski definition) is 2. The van der Waals surface area contributed by atoms with Gasteiger partial charge in [0, 0.05) is 10.5 Å². The first-order valence-corrected chi connectivity index (χ1v) is 6.33. The summed E-state index contributed by atoms with van der Waals surface area (Å²) in [5.74, 6) is -0.966. The Morgan fingerprint density at radius 3 is 2.70 bits per heavy atom. The molecule has 0 aromatic heterocycles. The Bertz CT molecular complexity index is 728. The molecule has 0 saturated heterocycles. The maximum atomic E-state index is 13.1. The monoisotopic (exact) mass is 306 g/mol. The number of carbonyl (C=O) groups is 1. The van der Waals surface area contributed by atoms with Gasteiger partial charge in [-0.25, -0.2) is 4.39 Å². The molecule has 2 rings (SSSR count). The van der Waals surface area contributed by atoms with Gasteiger partial charge in [0.1, 0.15) is 5.82 Å². The summed E-state index contributed by atoms with van der Waals surface area (Å²) in [5.41, 5.74) is 0.939. The summed E-state index contributed by atoms with van der Waals surface area (Å²) in [4.78, 5) is 12.1. The molecule has 3 nitrogen and oxygen atoms in total. The van der Waals surface area contributed by atoms with Crippen LogP contribution in [-0.2, 0) is 0 Å². The van der Waals surface area contributed by atoms with Crippen LogP contribution in [0, 0.1) is 17.1 Å². The molecule has 0 unspecified atom stereocenters. The molecule has 0 fully saturated rings. The highest BCUT2D eigenvalue weighted by molar-refractivity contribution is 7.80. The van der Waals surface area contributed by atoms with Gasteiger partial charge >= 0.3 is 0 Å². The predicted molar refractivity (Wildman–Crippen MR) is 77.8 cm³/mol. The van der Waals surface area contributed by atoms with E-state index in [0.717, 1.165) is 6.07 Å². The standard InChI is InChI=1S/C14H8ClFN2OS/c15-10-3-1-8(7-17)5-12(10)18-14(19)9-2-4-11(16)13(20)6-9/h1-6,20H,(H,18,19). The molecule has 0 saturated carbocycles. The van der Waals surface area contributed by atoms with Crippen LogP contribution in [0.25, 0.3) is 0 Å². The Morgan fingerprint density at radius 2 is 2.05 bits per heavy atom. The Hall–Kier alpha value is -2.03. The van der Waals surface area contributed by atoms with Crippen LogP contribution in [0.3, 0.4) is 0 Å². The highest BCUT2D eigenvalue weighted by atomic mass is 35.5. The molecule has 2 aromatic rings. The number of rotatable bonds is 2. The summed E-state index contributed by atoms with van der Waals surface area (Å²) >= 11 is 9.86. The van der Waals surface area contributed by atoms with E-state index in [1.54, 1.807) is 6.07 Å². The van der Waals surface area contributed by atoms with Gasteiger partial charge in [0.2, 0.25) is 0 Å². The lowest BCUT2D eigenvalue weighted by Gasteiger charge is -2.08. The van der Waals surface area contributed by atoms with E-state index in [1.165, 1.54) is 24.3 Å². The maximum absolute atomic E-state index is 13.1. The van der Waals surface area contributed by atoms with E-state index < -0.39 is 11.7 Å². The fraction of sp³-hybridized carbons (Fsp3) is 0. The number of amides is 1. The summed E-state index contributed by atoms with van der Waals surface area (Å²) in [6.07, 6.45) is 0. The minimum Gasteiger partial charge on any atom is -0.321 e. The van der Waals surface area contributed by atoms with Crippen molar-refractivity contribution in [2.45, 2.75) is 4.90 Å². The average molecular weight is 307 g/mol. The average Bonchev–Trinajstić information content (AvgIpc) is 2.44. The molecule has 0 aliphatic carbocycles. The lowest BCUT2D eigenvalue weighted by atomic mass is 10.2. The van der Waals surface area contributed by atoms with E-state index in [2.05, 4.69) is 17.9 Å². The summed E-state index contributed by atoms with van der Waals surface area (Å²) in [6.45, 7) is 0. The first kappa shape index (κ1) is 14.4. The van der Waals surface area contributed by atoms with Gasteiger partial charge in [0.15, 0.2) is 0 Å². The van der Waals surface area contributed by atoms with Gasteiger partial charge in [-0.3, -0.25) is 4.79 Å². The highest BCUT2D eigenvalue weighted by Gasteiger charge is 2.11. The SMILES string of the molecule is N#Cc1ccc(Cl)c(NC(=O)c2ccc(F)c(S)c2)c1. The van der Waals surface area contributed by atoms with E-state index in [-0.39, 0.29) is 10.5 Å². The topological polar surface area (TPSA) is 52.9 Å². The summed E-state index contributed by atoms with van der Waals surface area (Å²) in [5, 5.41) is 11.7. The van der Waals surface area contributed by atoms with E-state index in [4.69, 9.17) is 16.9 Å². The van der Waals surface area contributed by atoms with Crippen molar-refractivity contribution in [1.29, 1.82) is 5.26 Å². The minimum atomic E-state index is -0.505. The molecule has 0 bridgehead atoms. The van der Waals surface area contributed by atoms with Crippen molar-refractivity contribution in [1.82, 2.24) is 0 Å². The van der Waals surface area contributed by atoms with Crippen LogP contribution >= 0.6 is 24.2 Å². The molecule has 0 atom stereocenters. The van der Waals surface area contributed by atoms with E-state index >= 15 is 0 Å². The van der Waals surface area contributed by atoms with E-state index in [0.29, 0.717) is 16.3 Å². The number of anilines is 1. The fourth-order valence-corrected chi connectivity index (χ4v) is 1.92. The van der Waals surface area contributed by atoms with Crippen molar-refractivity contribution < 1.29 is 9.18 Å². The lowest BCUT2D eigenvalue weighted by molar-refractivity contribution is 0.102. The first-order valence-electron chi connectivity index (χ1n) is 5.51. The molecule has 1 amide bonds. The second-order valence-electron chi connectivity index (χ2n) is 3.93. The molecular formula is C14H8ClFN2OS. The van der Waals surface area contributed by atoms with Crippen molar-refractivity contribution in [3.63, 3.8) is 0 Å². The second-order valence-corrected chi connectivity index (χ2v) is 4.82. The Morgan fingerprint density at radius 1 is 1.30 bits per heavy atom. The van der Waals surface area contributed by atoms with E-state index in [1.807, 2.05) is 6.07 Å². The molecule has 6 heteroatoms. The number of nitrogens with zero attached hydrogens (tertiary/aromatic N) is 1. The third-order valence-electron chi connectivity index (χ3n) is 2.55. The van der Waals surface area contributed by atoms with Gasteiger partial charge in [-0.2, -0.15) is 5.26 Å². The van der Waals surface area contributed by atoms with Crippen LogP contribution < -0.4 is 5.32 Å². The smallest absolute Gasteiger partial charge is 0.255 e. The molecule has 2 aromatic carbocycles. The molecule has 0 aliphatic heterocycles. The van der Waals surface area contributed by atoms with Crippen molar-refractivity contribution in [2.24, 2.45) is 0 Å². The molecule has 20 heavy (non-hydrogen) atoms. The number of thiol groups is 1. The van der Waals surface area contributed by atoms with Gasteiger partial charge in [-0.15, -0.1) is 12.6 Å². The van der Waals surface area contributed by atoms with Crippen LogP contribution in [0.1, 0.15) is 15.9 Å². The number of hydrogen-bond acceptors (Lipinski definition) is 3. The summed E-state index contributed by atoms with van der Waals surface area (Å²) in [6, 6.07) is 10.3. The zero-order chi connectivity index (χ0) is 14.7. The van der Waals surface area contributed by atoms with Gasteiger partial charge < -0.3 is 5.32 Å². The fourth-order valence-electron chi connectivity index (χ4n) is 1.54. The number of carbonyl (C=O) groups excluding carboxylic acids is 1. The number of halogens is 2. The quantitative estimate of drug-likeness (QED) is 0.827. The van der Waals surface area contributed by atoms with Crippen molar-refractivity contribution >= 4 is 35.8 Å². The number of nitriles is 1. The van der Waals surface area contributed by atoms with E-state index in [9.17, 15) is 9.18 Å². The van der Waals surface area contributed by atoms with Gasteiger partial charge in [0.25, 0.3) is 5.91 Å². The molecule has 100 valence electrons. The van der Waals surface area contributed by atoms with Crippen molar-refractivity contribution in [3.8, 4) is 6.07 Å². The predicted octanol–water partition coefficient (Wildman–Crippen LogP) is 3.89. The largest absolute Gasteiger partial charge is 0.321 e. The minimum absolute atomic E-state index is 0.0783. The van der Waals surface area contributed by atoms with Gasteiger partial charge in [0.05, 0.1) is 22.3 Å². The summed E-state index contributed by atoms with van der Waals surface area (Å²) < 4.78 is 13.1. The van der Waals surface area contributed by atoms with Gasteiger partial charge in [-0.1, -0.05) is 11.6 Å². The molecule has 0 aliphatic rings. The van der Waals surface area contributed by atoms with Crippen LogP contribution in [0.4, 0.5) is 10.1 Å². The van der Waals surface area contributed by atoms with Crippen molar-refractivity contribution in [2.75, 3.05) is 5.32 Å². The van der Waals surface area contributed by atoms with Crippen LogP contribution in [-0.4, -0.2) is 5.91 Å². The maximum Gasteiger partial charge on any atom is 0.255 e. The molecular weight excluding hydrogens is 299 g/mol. The Balaban J connectivity index is 2.28. The first-order chi connectivity index (χ1) is 9.51. The molecule has 1 N–H and O–H groups in total. The summed E-state index contributed by atoms with van der Waals surface area (Å²) in [7, 11) is 0. The lowest BCUT2D eigenvalue weighted by Crippen LogP contribution is -2.12.